The summed E-state index contributed by atoms with van der Waals surface area (Å²) in [6.45, 7) is 13.2. The molecule has 0 amide bonds. The Labute approximate surface area is 222 Å². The molecule has 204 valence electrons. The average Bonchev–Trinajstić information content (AvgIpc) is 3.21. The van der Waals surface area contributed by atoms with E-state index >= 15 is 0 Å². The van der Waals surface area contributed by atoms with E-state index in [1.807, 2.05) is 32.9 Å². The fourth-order valence-corrected chi connectivity index (χ4v) is 10.2. The van der Waals surface area contributed by atoms with Crippen LogP contribution in [0.25, 0.3) is 0 Å². The van der Waals surface area contributed by atoms with E-state index in [2.05, 4.69) is 69.3 Å². The monoisotopic (exact) mass is 529 g/mol. The maximum atomic E-state index is 9.98. The van der Waals surface area contributed by atoms with Crippen molar-refractivity contribution in [1.82, 2.24) is 0 Å². The highest BCUT2D eigenvalue weighted by Crippen LogP contribution is 2.42. The van der Waals surface area contributed by atoms with Gasteiger partial charge in [-0.15, -0.1) is 0 Å². The number of nitrogens with two attached hydrogens (primary N) is 1. The predicted molar refractivity (Wildman–Crippen MR) is 146 cm³/mol. The second kappa shape index (κ2) is 11.2. The number of aliphatic hydroxyl groups excluding tert-OH is 1. The molecule has 3 N–H and O–H groups in total. The van der Waals surface area contributed by atoms with Crippen molar-refractivity contribution in [2.24, 2.45) is 11.7 Å². The first-order valence-electron chi connectivity index (χ1n) is 13.2. The largest absolute Gasteiger partial charge is 0.405 e. The van der Waals surface area contributed by atoms with Crippen LogP contribution in [0.15, 0.2) is 60.7 Å². The Hall–Kier alpha value is -1.62. The average molecular weight is 530 g/mol. The van der Waals surface area contributed by atoms with Crippen molar-refractivity contribution in [3.05, 3.63) is 60.7 Å². The lowest BCUT2D eigenvalue weighted by Gasteiger charge is -2.46. The lowest BCUT2D eigenvalue weighted by Crippen LogP contribution is -2.68. The van der Waals surface area contributed by atoms with E-state index in [-0.39, 0.29) is 36.3 Å². The van der Waals surface area contributed by atoms with E-state index in [4.69, 9.17) is 29.1 Å². The van der Waals surface area contributed by atoms with Crippen LogP contribution >= 0.6 is 0 Å². The van der Waals surface area contributed by atoms with E-state index in [1.54, 1.807) is 0 Å². The molecule has 7 nitrogen and oxygen atoms in total. The highest BCUT2D eigenvalue weighted by atomic mass is 28.4. The van der Waals surface area contributed by atoms with Gasteiger partial charge in [-0.1, -0.05) is 88.4 Å². The summed E-state index contributed by atoms with van der Waals surface area (Å²) in [7, 11) is -2.77. The quantitative estimate of drug-likeness (QED) is 0.483. The summed E-state index contributed by atoms with van der Waals surface area (Å²) < 4.78 is 32.3. The van der Waals surface area contributed by atoms with Crippen molar-refractivity contribution >= 4 is 18.7 Å². The minimum absolute atomic E-state index is 0.0927. The maximum absolute atomic E-state index is 9.98. The van der Waals surface area contributed by atoms with Gasteiger partial charge in [0.05, 0.1) is 25.4 Å². The Morgan fingerprint density at radius 2 is 1.51 bits per heavy atom. The Kier molecular flexibility index (Phi) is 8.62. The van der Waals surface area contributed by atoms with Crippen molar-refractivity contribution in [2.75, 3.05) is 19.8 Å². The van der Waals surface area contributed by atoms with Crippen LogP contribution in [-0.4, -0.2) is 69.7 Å². The lowest BCUT2D eigenvalue weighted by molar-refractivity contribution is -0.266. The maximum Gasteiger partial charge on any atom is 0.261 e. The van der Waals surface area contributed by atoms with E-state index in [1.165, 1.54) is 10.4 Å². The molecule has 2 fully saturated rings. The van der Waals surface area contributed by atoms with Crippen LogP contribution in [0.3, 0.4) is 0 Å². The fraction of sp³-hybridized carbons (Fsp3) is 0.586. The van der Waals surface area contributed by atoms with Gasteiger partial charge in [0.2, 0.25) is 0 Å². The van der Waals surface area contributed by atoms with Gasteiger partial charge < -0.3 is 34.2 Å². The summed E-state index contributed by atoms with van der Waals surface area (Å²) >= 11 is 0. The van der Waals surface area contributed by atoms with Gasteiger partial charge in [-0.2, -0.15) is 0 Å². The molecule has 8 heteroatoms. The van der Waals surface area contributed by atoms with Crippen molar-refractivity contribution in [1.29, 1.82) is 0 Å². The van der Waals surface area contributed by atoms with E-state index < -0.39 is 32.6 Å². The Morgan fingerprint density at radius 1 is 0.973 bits per heavy atom. The highest BCUT2D eigenvalue weighted by molar-refractivity contribution is 6.99. The van der Waals surface area contributed by atoms with Crippen LogP contribution < -0.4 is 16.1 Å². The molecule has 37 heavy (non-hydrogen) atoms. The summed E-state index contributed by atoms with van der Waals surface area (Å²) in [5, 5.41) is 12.2. The zero-order chi connectivity index (χ0) is 26.8. The van der Waals surface area contributed by atoms with Gasteiger partial charge in [0.15, 0.2) is 12.1 Å². The van der Waals surface area contributed by atoms with Crippen LogP contribution in [0.2, 0.25) is 5.04 Å². The minimum Gasteiger partial charge on any atom is -0.405 e. The van der Waals surface area contributed by atoms with Crippen molar-refractivity contribution in [2.45, 2.75) is 83.1 Å². The summed E-state index contributed by atoms with van der Waals surface area (Å²) in [6.07, 6.45) is -2.27. The summed E-state index contributed by atoms with van der Waals surface area (Å²) in [5.41, 5.74) is 5.59. The van der Waals surface area contributed by atoms with Gasteiger partial charge in [-0.3, -0.25) is 0 Å². The molecule has 2 aliphatic rings. The number of hydrogen-bond donors (Lipinski definition) is 2. The van der Waals surface area contributed by atoms with Gasteiger partial charge >= 0.3 is 0 Å². The molecule has 0 aliphatic carbocycles. The summed E-state index contributed by atoms with van der Waals surface area (Å²) in [5.74, 6) is -0.838. The molecule has 0 aromatic heterocycles. The number of ether oxygens (including phenoxy) is 4. The van der Waals surface area contributed by atoms with Crippen molar-refractivity contribution in [3.63, 3.8) is 0 Å². The second-order valence-corrected chi connectivity index (χ2v) is 16.0. The van der Waals surface area contributed by atoms with Gasteiger partial charge in [0.1, 0.15) is 12.2 Å². The number of hydrogen-bond acceptors (Lipinski definition) is 7. The molecule has 2 heterocycles. The van der Waals surface area contributed by atoms with Gasteiger partial charge in [0.25, 0.3) is 8.32 Å². The Morgan fingerprint density at radius 3 is 2.03 bits per heavy atom. The fourth-order valence-electron chi connectivity index (χ4n) is 5.61. The lowest BCUT2D eigenvalue weighted by atomic mass is 9.92. The number of rotatable bonds is 9. The molecule has 6 atom stereocenters. The second-order valence-electron chi connectivity index (χ2n) is 11.7. The van der Waals surface area contributed by atoms with Crippen molar-refractivity contribution < 1.29 is 28.5 Å². The SMILES string of the molecule is CC1C(OCC(O)CN)OC(CO[Si](c2ccccc2)(c2ccccc2)C(C)(C)C)C2OC(C)(C)OC12. The predicted octanol–water partition coefficient (Wildman–Crippen LogP) is 2.78. The van der Waals surface area contributed by atoms with E-state index in [9.17, 15) is 5.11 Å². The van der Waals surface area contributed by atoms with Crippen LogP contribution in [-0.2, 0) is 23.4 Å². The van der Waals surface area contributed by atoms with Gasteiger partial charge in [-0.05, 0) is 29.3 Å². The third-order valence-electron chi connectivity index (χ3n) is 7.39. The smallest absolute Gasteiger partial charge is 0.261 e. The van der Waals surface area contributed by atoms with Crippen molar-refractivity contribution in [3.8, 4) is 0 Å². The first-order valence-corrected chi connectivity index (χ1v) is 15.1. The molecule has 0 bridgehead atoms. The molecule has 2 aromatic rings. The Balaban J connectivity index is 1.67. The molecular weight excluding hydrogens is 486 g/mol. The molecule has 6 unspecified atom stereocenters. The molecule has 0 radical (unpaired) electrons. The molecule has 0 saturated carbocycles. The van der Waals surface area contributed by atoms with Crippen LogP contribution in [0.5, 0.6) is 0 Å². The normalized spacial score (nSPS) is 28.6. The van der Waals surface area contributed by atoms with E-state index in [0.29, 0.717) is 6.61 Å². The topological polar surface area (TPSA) is 92.4 Å². The molecular formula is C29H43NO6Si. The third-order valence-corrected chi connectivity index (χ3v) is 12.4. The first-order chi connectivity index (χ1) is 17.5. The van der Waals surface area contributed by atoms with Crippen LogP contribution in [0.4, 0.5) is 0 Å². The number of aliphatic hydroxyl groups is 1. The summed E-state index contributed by atoms with van der Waals surface area (Å²) in [4.78, 5) is 0. The Bertz CT molecular complexity index is 959. The zero-order valence-corrected chi connectivity index (χ0v) is 23.9. The van der Waals surface area contributed by atoms with Gasteiger partial charge in [0, 0.05) is 12.5 Å². The van der Waals surface area contributed by atoms with E-state index in [0.717, 1.165) is 0 Å². The molecule has 0 spiro atoms. The number of fused-ring (bicyclic) bond motifs is 1. The summed E-state index contributed by atoms with van der Waals surface area (Å²) in [6, 6.07) is 21.1. The zero-order valence-electron chi connectivity index (χ0n) is 22.9. The standard InChI is InChI=1S/C29H43NO6Si/c1-20-25-26(36-29(5,6)35-25)24(34-27(20)32-18-21(31)17-30)19-33-37(28(2,3)4,22-13-9-7-10-14-22)23-15-11-8-12-16-23/h7-16,20-21,24-27,31H,17-19,30H2,1-6H3. The first kappa shape index (κ1) is 28.4. The van der Waals surface area contributed by atoms with Crippen LogP contribution in [0.1, 0.15) is 41.5 Å². The van der Waals surface area contributed by atoms with Gasteiger partial charge in [-0.25, -0.2) is 0 Å². The third kappa shape index (κ3) is 5.87. The van der Waals surface area contributed by atoms with Crippen LogP contribution in [0, 0.1) is 5.92 Å². The molecule has 4 rings (SSSR count). The molecule has 2 saturated heterocycles. The number of benzene rings is 2. The molecule has 2 aromatic carbocycles. The molecule has 2 aliphatic heterocycles. The highest BCUT2D eigenvalue weighted by Gasteiger charge is 2.56. The minimum atomic E-state index is -2.77.